The van der Waals surface area contributed by atoms with Crippen molar-refractivity contribution < 1.29 is 29.4 Å². The molecule has 3 N–H and O–H groups in total. The number of carboxylic acids is 1. The number of aliphatic hydroxyl groups is 1. The number of hydrogen-bond acceptors (Lipinski definition) is 7. The Morgan fingerprint density at radius 3 is 2.33 bits per heavy atom. The number of nitriles is 1. The number of anilines is 1. The van der Waals surface area contributed by atoms with E-state index in [1.165, 1.54) is 37.1 Å². The molecule has 2 fully saturated rings. The summed E-state index contributed by atoms with van der Waals surface area (Å²) in [6.07, 6.45) is -1.33. The van der Waals surface area contributed by atoms with Gasteiger partial charge in [0.2, 0.25) is 5.91 Å². The third-order valence-electron chi connectivity index (χ3n) is 7.11. The molecule has 4 rings (SSSR count). The van der Waals surface area contributed by atoms with E-state index in [2.05, 4.69) is 5.32 Å². The van der Waals surface area contributed by atoms with Gasteiger partial charge in [0.05, 0.1) is 30.0 Å². The van der Waals surface area contributed by atoms with Gasteiger partial charge in [-0.15, -0.1) is 0 Å². The van der Waals surface area contributed by atoms with E-state index in [9.17, 15) is 34.7 Å². The number of likely N-dealkylation sites (tertiary alicyclic amines) is 1. The van der Waals surface area contributed by atoms with Crippen LogP contribution < -0.4 is 10.2 Å². The molecule has 4 amide bonds. The molecule has 2 aliphatic rings. The topological polar surface area (TPSA) is 154 Å². The lowest BCUT2D eigenvalue weighted by molar-refractivity contribution is -0.144. The molecule has 2 saturated heterocycles. The predicted molar refractivity (Wildman–Crippen MR) is 141 cm³/mol. The molecule has 0 aromatic heterocycles. The average molecular weight is 574 g/mol. The molecule has 2 heterocycles. The first-order chi connectivity index (χ1) is 18.4. The molecule has 2 aliphatic heterocycles. The Hall–Kier alpha value is -3.69. The van der Waals surface area contributed by atoms with Gasteiger partial charge in [-0.25, -0.2) is 14.5 Å². The van der Waals surface area contributed by atoms with Crippen molar-refractivity contribution >= 4 is 52.7 Å². The Kier molecular flexibility index (Phi) is 7.86. The lowest BCUT2D eigenvalue weighted by Crippen LogP contribution is -2.54. The number of amides is 4. The fourth-order valence-electron chi connectivity index (χ4n) is 5.22. The Bertz CT molecular complexity index is 1360. The van der Waals surface area contributed by atoms with Crippen molar-refractivity contribution in [1.29, 1.82) is 5.26 Å². The number of benzene rings is 2. The number of hydrogen-bond donors (Lipinski definition) is 3. The van der Waals surface area contributed by atoms with Gasteiger partial charge in [0, 0.05) is 36.1 Å². The van der Waals surface area contributed by atoms with Crippen molar-refractivity contribution in [2.75, 3.05) is 31.6 Å². The maximum absolute atomic E-state index is 14.2. The fourth-order valence-corrected chi connectivity index (χ4v) is 5.74. The molecule has 1 spiro atoms. The number of aliphatic carboxylic acids is 1. The molecule has 0 bridgehead atoms. The summed E-state index contributed by atoms with van der Waals surface area (Å²) in [5, 5.41) is 31.0. The van der Waals surface area contributed by atoms with Crippen molar-refractivity contribution in [3.05, 3.63) is 63.6 Å². The fraction of sp³-hybridized carbons (Fsp3) is 0.346. The lowest BCUT2D eigenvalue weighted by atomic mass is 9.80. The second-order valence-electron chi connectivity index (χ2n) is 9.61. The van der Waals surface area contributed by atoms with E-state index in [0.29, 0.717) is 11.1 Å². The smallest absolute Gasteiger partial charge is 0.332 e. The number of rotatable bonds is 7. The molecule has 2 aromatic rings. The third kappa shape index (κ3) is 5.16. The summed E-state index contributed by atoms with van der Waals surface area (Å²) in [4.78, 5) is 55.8. The van der Waals surface area contributed by atoms with Gasteiger partial charge in [0.1, 0.15) is 5.54 Å². The summed E-state index contributed by atoms with van der Waals surface area (Å²) in [5.41, 5.74) is -0.153. The SMILES string of the molecule is C[C@@H](O)[C@H](NC(=O)CN1C[C@@H](c2ccc(C#N)cc2)[C@]2(C1)C(=O)N(c1cc(Cl)cc(Cl)c1)C(=O)N2C)C(=O)O. The van der Waals surface area contributed by atoms with Gasteiger partial charge in [0.15, 0.2) is 6.04 Å². The standard InChI is InChI=1S/C26H25Cl2N5O6/c1-14(34)22(23(36)37)30-21(35)12-32-11-20(16-5-3-15(10-29)4-6-16)26(13-32)24(38)33(25(39)31(26)2)19-8-17(27)7-18(28)9-19/h3-9,14,20,22,34H,11-13H2,1-2H3,(H,30,35)(H,36,37)/t14-,20+,22+,26-/m1/s1. The van der Waals surface area contributed by atoms with E-state index in [0.717, 1.165) is 4.90 Å². The van der Waals surface area contributed by atoms with Gasteiger partial charge in [0.25, 0.3) is 5.91 Å². The normalized spacial score (nSPS) is 22.7. The van der Waals surface area contributed by atoms with Crippen molar-refractivity contribution in [2.24, 2.45) is 0 Å². The van der Waals surface area contributed by atoms with Crippen LogP contribution in [0.5, 0.6) is 0 Å². The van der Waals surface area contributed by atoms with E-state index in [1.807, 2.05) is 6.07 Å². The molecule has 0 unspecified atom stereocenters. The van der Waals surface area contributed by atoms with Gasteiger partial charge < -0.3 is 20.4 Å². The number of carbonyl (C=O) groups excluding carboxylic acids is 3. The van der Waals surface area contributed by atoms with E-state index < -0.39 is 47.4 Å². The van der Waals surface area contributed by atoms with Crippen LogP contribution in [0.25, 0.3) is 0 Å². The molecular formula is C26H25Cl2N5O6. The Morgan fingerprint density at radius 1 is 1.18 bits per heavy atom. The zero-order valence-corrected chi connectivity index (χ0v) is 22.5. The zero-order chi connectivity index (χ0) is 28.6. The number of imide groups is 1. The number of nitrogens with zero attached hydrogens (tertiary/aromatic N) is 4. The van der Waals surface area contributed by atoms with Crippen LogP contribution in [-0.2, 0) is 14.4 Å². The molecule has 2 aromatic carbocycles. The first-order valence-electron chi connectivity index (χ1n) is 11.9. The summed E-state index contributed by atoms with van der Waals surface area (Å²) < 4.78 is 0. The van der Waals surface area contributed by atoms with Crippen LogP contribution in [0.1, 0.15) is 24.0 Å². The summed E-state index contributed by atoms with van der Waals surface area (Å²) in [7, 11) is 1.50. The lowest BCUT2D eigenvalue weighted by Gasteiger charge is -2.34. The van der Waals surface area contributed by atoms with E-state index in [4.69, 9.17) is 23.2 Å². The minimum atomic E-state index is -1.51. The highest BCUT2D eigenvalue weighted by molar-refractivity contribution is 6.35. The van der Waals surface area contributed by atoms with Crippen LogP contribution in [0, 0.1) is 11.3 Å². The number of aliphatic hydroxyl groups excluding tert-OH is 1. The Balaban J connectivity index is 1.72. The monoisotopic (exact) mass is 573 g/mol. The van der Waals surface area contributed by atoms with Crippen LogP contribution >= 0.6 is 23.2 Å². The van der Waals surface area contributed by atoms with Crippen molar-refractivity contribution in [1.82, 2.24) is 15.1 Å². The van der Waals surface area contributed by atoms with Crippen LogP contribution in [0.2, 0.25) is 10.0 Å². The number of halogens is 2. The molecule has 39 heavy (non-hydrogen) atoms. The quantitative estimate of drug-likeness (QED) is 0.425. The number of carboxylic acid groups (broad SMARTS) is 1. The number of nitrogens with one attached hydrogen (secondary N) is 1. The Labute approximate surface area is 234 Å². The first-order valence-corrected chi connectivity index (χ1v) is 12.7. The predicted octanol–water partition coefficient (Wildman–Crippen LogP) is 2.05. The number of carbonyl (C=O) groups is 4. The molecule has 204 valence electrons. The van der Waals surface area contributed by atoms with Crippen LogP contribution in [-0.4, -0.2) is 88.2 Å². The zero-order valence-electron chi connectivity index (χ0n) is 21.0. The van der Waals surface area contributed by atoms with Gasteiger partial charge in [-0.2, -0.15) is 5.26 Å². The summed E-state index contributed by atoms with van der Waals surface area (Å²) >= 11 is 12.3. The van der Waals surface area contributed by atoms with Gasteiger partial charge in [-0.1, -0.05) is 35.3 Å². The molecule has 4 atom stereocenters. The summed E-state index contributed by atoms with van der Waals surface area (Å²) in [6, 6.07) is 10.9. The minimum Gasteiger partial charge on any atom is -0.480 e. The maximum atomic E-state index is 14.2. The molecular weight excluding hydrogens is 549 g/mol. The molecule has 11 nitrogen and oxygen atoms in total. The van der Waals surface area contributed by atoms with Crippen molar-refractivity contribution in [3.8, 4) is 6.07 Å². The van der Waals surface area contributed by atoms with Gasteiger partial charge in [-0.05, 0) is 42.8 Å². The number of urea groups is 1. The Morgan fingerprint density at radius 2 is 1.79 bits per heavy atom. The van der Waals surface area contributed by atoms with Crippen molar-refractivity contribution in [3.63, 3.8) is 0 Å². The second kappa shape index (κ2) is 10.8. The highest BCUT2D eigenvalue weighted by atomic mass is 35.5. The largest absolute Gasteiger partial charge is 0.480 e. The summed E-state index contributed by atoms with van der Waals surface area (Å²) in [5.74, 6) is -3.21. The van der Waals surface area contributed by atoms with Crippen LogP contribution in [0.15, 0.2) is 42.5 Å². The van der Waals surface area contributed by atoms with Gasteiger partial charge >= 0.3 is 12.0 Å². The van der Waals surface area contributed by atoms with E-state index in [1.54, 1.807) is 29.2 Å². The molecule has 0 aliphatic carbocycles. The highest BCUT2D eigenvalue weighted by Crippen LogP contribution is 2.46. The maximum Gasteiger partial charge on any atom is 0.332 e. The highest BCUT2D eigenvalue weighted by Gasteiger charge is 2.64. The third-order valence-corrected chi connectivity index (χ3v) is 7.55. The van der Waals surface area contributed by atoms with Crippen LogP contribution in [0.4, 0.5) is 10.5 Å². The van der Waals surface area contributed by atoms with Crippen LogP contribution in [0.3, 0.4) is 0 Å². The number of likely N-dealkylation sites (N-methyl/N-ethyl adjacent to an activating group) is 1. The first kappa shape index (κ1) is 28.3. The van der Waals surface area contributed by atoms with E-state index >= 15 is 0 Å². The van der Waals surface area contributed by atoms with Gasteiger partial charge in [-0.3, -0.25) is 14.5 Å². The second-order valence-corrected chi connectivity index (χ2v) is 10.5. The van der Waals surface area contributed by atoms with E-state index in [-0.39, 0.29) is 35.4 Å². The molecule has 0 saturated carbocycles. The average Bonchev–Trinajstić information content (AvgIpc) is 3.33. The molecule has 13 heteroatoms. The van der Waals surface area contributed by atoms with Crippen molar-refractivity contribution in [2.45, 2.75) is 30.5 Å². The minimum absolute atomic E-state index is 0.0383. The molecule has 0 radical (unpaired) electrons. The summed E-state index contributed by atoms with van der Waals surface area (Å²) in [6.45, 7) is 1.09.